The maximum Gasteiger partial charge on any atom is 0.273 e. The van der Waals surface area contributed by atoms with Gasteiger partial charge in [-0.05, 0) is 56.6 Å². The van der Waals surface area contributed by atoms with Gasteiger partial charge in [0.25, 0.3) is 5.91 Å². The van der Waals surface area contributed by atoms with Gasteiger partial charge in [-0.1, -0.05) is 5.16 Å². The molecule has 0 radical (unpaired) electrons. The lowest BCUT2D eigenvalue weighted by Gasteiger charge is -2.08. The molecule has 1 aliphatic rings. The molecule has 0 aliphatic carbocycles. The van der Waals surface area contributed by atoms with Crippen molar-refractivity contribution in [2.75, 3.05) is 19.6 Å². The van der Waals surface area contributed by atoms with E-state index in [4.69, 9.17) is 9.26 Å². The summed E-state index contributed by atoms with van der Waals surface area (Å²) >= 11 is 0. The zero-order valence-corrected chi connectivity index (χ0v) is 15.3. The summed E-state index contributed by atoms with van der Waals surface area (Å²) in [5.41, 5.74) is 0.875. The highest BCUT2D eigenvalue weighted by Gasteiger charge is 2.17. The number of ether oxygens (including phenoxy) is 1. The Hall–Kier alpha value is -2.38. The number of hydrogen-bond acceptors (Lipinski definition) is 6. The van der Waals surface area contributed by atoms with Crippen molar-refractivity contribution in [2.24, 2.45) is 5.92 Å². The molecule has 1 aromatic heterocycles. The van der Waals surface area contributed by atoms with Gasteiger partial charge in [0.2, 0.25) is 0 Å². The van der Waals surface area contributed by atoms with Gasteiger partial charge in [0.1, 0.15) is 12.4 Å². The Morgan fingerprint density at radius 1 is 1.35 bits per heavy atom. The average molecular weight is 380 g/mol. The van der Waals surface area contributed by atoms with Crippen molar-refractivity contribution in [1.29, 1.82) is 0 Å². The van der Waals surface area contributed by atoms with E-state index in [1.54, 1.807) is 30.3 Å². The minimum Gasteiger partial charge on any atom is -0.486 e. The van der Waals surface area contributed by atoms with Crippen LogP contribution in [0.1, 0.15) is 40.0 Å². The summed E-state index contributed by atoms with van der Waals surface area (Å²) in [5.74, 6) is 1.31. The molecule has 1 aromatic carbocycles. The predicted octanol–water partition coefficient (Wildman–Crippen LogP) is 2.22. The normalized spacial score (nSPS) is 16.0. The second-order valence-electron chi connectivity index (χ2n) is 6.12. The van der Waals surface area contributed by atoms with Crippen molar-refractivity contribution < 1.29 is 18.8 Å². The van der Waals surface area contributed by atoms with E-state index < -0.39 is 0 Å². The molecule has 2 N–H and O–H groups in total. The van der Waals surface area contributed by atoms with Crippen LogP contribution in [-0.4, -0.2) is 36.5 Å². The van der Waals surface area contributed by atoms with Crippen LogP contribution in [0.15, 0.2) is 34.9 Å². The van der Waals surface area contributed by atoms with Gasteiger partial charge in [-0.25, -0.2) is 0 Å². The molecule has 2 heterocycles. The first-order chi connectivity index (χ1) is 12.1. The Morgan fingerprint density at radius 2 is 2.12 bits per heavy atom. The molecular weight excluding hydrogens is 358 g/mol. The monoisotopic (exact) mass is 379 g/mol. The van der Waals surface area contributed by atoms with Crippen molar-refractivity contribution in [1.82, 2.24) is 15.8 Å². The Kier molecular flexibility index (Phi) is 7.17. The quantitative estimate of drug-likeness (QED) is 0.716. The van der Waals surface area contributed by atoms with Crippen LogP contribution < -0.4 is 15.4 Å². The van der Waals surface area contributed by atoms with Gasteiger partial charge in [-0.2, -0.15) is 0 Å². The molecule has 1 saturated heterocycles. The highest BCUT2D eigenvalue weighted by atomic mass is 35.5. The molecule has 1 aliphatic heterocycles. The molecule has 26 heavy (non-hydrogen) atoms. The highest BCUT2D eigenvalue weighted by molar-refractivity contribution is 5.94. The molecule has 0 saturated carbocycles. The van der Waals surface area contributed by atoms with E-state index in [2.05, 4.69) is 15.8 Å². The van der Waals surface area contributed by atoms with Crippen molar-refractivity contribution >= 4 is 24.1 Å². The number of carbonyl (C=O) groups excluding carboxylic acids is 2. The Morgan fingerprint density at radius 3 is 2.77 bits per heavy atom. The number of nitrogens with one attached hydrogen (secondary N) is 2. The summed E-state index contributed by atoms with van der Waals surface area (Å²) in [7, 11) is 0. The molecule has 0 bridgehead atoms. The van der Waals surface area contributed by atoms with Crippen molar-refractivity contribution in [3.63, 3.8) is 0 Å². The summed E-state index contributed by atoms with van der Waals surface area (Å²) in [4.78, 5) is 23.3. The van der Waals surface area contributed by atoms with Gasteiger partial charge < -0.3 is 19.9 Å². The van der Waals surface area contributed by atoms with E-state index in [0.717, 1.165) is 19.5 Å². The van der Waals surface area contributed by atoms with E-state index in [9.17, 15) is 9.59 Å². The molecule has 1 unspecified atom stereocenters. The van der Waals surface area contributed by atoms with Gasteiger partial charge in [0.05, 0.1) is 0 Å². The minimum atomic E-state index is -0.243. The number of hydrogen-bond donors (Lipinski definition) is 2. The van der Waals surface area contributed by atoms with Gasteiger partial charge in [0, 0.05) is 18.2 Å². The van der Waals surface area contributed by atoms with Gasteiger partial charge in [0.15, 0.2) is 17.2 Å². The second-order valence-corrected chi connectivity index (χ2v) is 6.12. The van der Waals surface area contributed by atoms with Crippen molar-refractivity contribution in [3.05, 3.63) is 47.3 Å². The summed E-state index contributed by atoms with van der Waals surface area (Å²) < 4.78 is 10.7. The number of aromatic nitrogens is 1. The van der Waals surface area contributed by atoms with E-state index in [1.807, 2.05) is 0 Å². The standard InChI is InChI=1S/C18H21N3O4.ClH/c1-12(22)14-2-4-15(5-3-14)24-11-16-8-17(21-25-16)18(23)20-10-13-6-7-19-9-13;/h2-5,8,13,19H,6-7,9-11H2,1H3,(H,20,23);1H. The lowest BCUT2D eigenvalue weighted by Crippen LogP contribution is -2.30. The fourth-order valence-corrected chi connectivity index (χ4v) is 2.64. The first-order valence-corrected chi connectivity index (χ1v) is 8.30. The van der Waals surface area contributed by atoms with E-state index in [-0.39, 0.29) is 36.4 Å². The molecule has 0 spiro atoms. The number of amides is 1. The molecule has 140 valence electrons. The van der Waals surface area contributed by atoms with Gasteiger partial charge in [-0.15, -0.1) is 12.4 Å². The number of benzene rings is 1. The minimum absolute atomic E-state index is 0. The largest absolute Gasteiger partial charge is 0.486 e. The van der Waals surface area contributed by atoms with Crippen LogP contribution >= 0.6 is 12.4 Å². The first-order valence-electron chi connectivity index (χ1n) is 8.30. The smallest absolute Gasteiger partial charge is 0.273 e. The van der Waals surface area contributed by atoms with E-state index in [1.165, 1.54) is 6.92 Å². The second kappa shape index (κ2) is 9.35. The molecule has 8 heteroatoms. The number of Topliss-reactive ketones (excluding diaryl/α,β-unsaturated/α-hetero) is 1. The number of ketones is 1. The number of rotatable bonds is 7. The SMILES string of the molecule is CC(=O)c1ccc(OCc2cc(C(=O)NCC3CCNC3)no2)cc1.Cl. The van der Waals surface area contributed by atoms with Crippen LogP contribution in [0.3, 0.4) is 0 Å². The highest BCUT2D eigenvalue weighted by Crippen LogP contribution is 2.15. The van der Waals surface area contributed by atoms with Crippen LogP contribution in [0.4, 0.5) is 0 Å². The first kappa shape index (κ1) is 19.9. The Balaban J connectivity index is 0.00000243. The van der Waals surface area contributed by atoms with Crippen LogP contribution in [0.25, 0.3) is 0 Å². The lowest BCUT2D eigenvalue weighted by molar-refractivity contribution is 0.0938. The van der Waals surface area contributed by atoms with Crippen LogP contribution in [0, 0.1) is 5.92 Å². The van der Waals surface area contributed by atoms with E-state index >= 15 is 0 Å². The summed E-state index contributed by atoms with van der Waals surface area (Å²) in [5, 5.41) is 9.92. The fourth-order valence-electron chi connectivity index (χ4n) is 2.64. The molecule has 2 aromatic rings. The number of nitrogens with zero attached hydrogens (tertiary/aromatic N) is 1. The maximum atomic E-state index is 12.1. The fraction of sp³-hybridized carbons (Fsp3) is 0.389. The third-order valence-corrected chi connectivity index (χ3v) is 4.15. The lowest BCUT2D eigenvalue weighted by atomic mass is 10.1. The summed E-state index contributed by atoms with van der Waals surface area (Å²) in [6.07, 6.45) is 1.07. The third kappa shape index (κ3) is 5.31. The maximum absolute atomic E-state index is 12.1. The topological polar surface area (TPSA) is 93.5 Å². The van der Waals surface area contributed by atoms with Crippen LogP contribution in [0.2, 0.25) is 0 Å². The van der Waals surface area contributed by atoms with Crippen molar-refractivity contribution in [2.45, 2.75) is 20.0 Å². The van der Waals surface area contributed by atoms with Crippen LogP contribution in [0.5, 0.6) is 5.75 Å². The molecule has 1 amide bonds. The summed E-state index contributed by atoms with van der Waals surface area (Å²) in [6, 6.07) is 8.42. The van der Waals surface area contributed by atoms with E-state index in [0.29, 0.717) is 29.5 Å². The average Bonchev–Trinajstić information content (AvgIpc) is 3.30. The molecule has 1 fully saturated rings. The number of halogens is 1. The molecule has 3 rings (SSSR count). The number of carbonyl (C=O) groups is 2. The third-order valence-electron chi connectivity index (χ3n) is 4.15. The van der Waals surface area contributed by atoms with Gasteiger partial charge >= 0.3 is 0 Å². The van der Waals surface area contributed by atoms with Crippen molar-refractivity contribution in [3.8, 4) is 5.75 Å². The Bertz CT molecular complexity index is 739. The summed E-state index contributed by atoms with van der Waals surface area (Å²) in [6.45, 7) is 4.24. The zero-order chi connectivity index (χ0) is 17.6. The molecule has 1 atom stereocenters. The molecule has 7 nitrogen and oxygen atoms in total. The molecular formula is C18H22ClN3O4. The van der Waals surface area contributed by atoms with Gasteiger partial charge in [-0.3, -0.25) is 9.59 Å². The zero-order valence-electron chi connectivity index (χ0n) is 14.5. The predicted molar refractivity (Wildman–Crippen MR) is 97.8 cm³/mol. The van der Waals surface area contributed by atoms with Crippen LogP contribution in [-0.2, 0) is 6.61 Å². The Labute approximate surface area is 157 Å².